The molecule has 0 spiro atoms. The molecule has 0 N–H and O–H groups in total. The number of benzene rings is 1. The summed E-state index contributed by atoms with van der Waals surface area (Å²) in [5.74, 6) is 1.75. The highest BCUT2D eigenvalue weighted by Crippen LogP contribution is 2.28. The highest BCUT2D eigenvalue weighted by molar-refractivity contribution is 5.76. The van der Waals surface area contributed by atoms with Crippen LogP contribution < -0.4 is 4.74 Å². The predicted molar refractivity (Wildman–Crippen MR) is 125 cm³/mol. The van der Waals surface area contributed by atoms with Crippen LogP contribution in [0.4, 0.5) is 0 Å². The zero-order valence-electron chi connectivity index (χ0n) is 19.0. The Morgan fingerprint density at radius 2 is 2.09 bits per heavy atom. The molecule has 4 heterocycles. The summed E-state index contributed by atoms with van der Waals surface area (Å²) in [6.45, 7) is 4.81. The molecule has 7 nitrogen and oxygen atoms in total. The fraction of sp³-hybridized carbons (Fsp3) is 0.385. The molecule has 0 radical (unpaired) electrons. The van der Waals surface area contributed by atoms with Gasteiger partial charge >= 0.3 is 5.97 Å². The molecule has 0 bridgehead atoms. The van der Waals surface area contributed by atoms with E-state index in [-0.39, 0.29) is 12.0 Å². The third-order valence-electron chi connectivity index (χ3n) is 6.52. The number of hydrogen-bond acceptors (Lipinski definition) is 6. The molecule has 0 aliphatic carbocycles. The lowest BCUT2D eigenvalue weighted by Crippen LogP contribution is -2.36. The Hall–Kier alpha value is -3.16. The minimum absolute atomic E-state index is 0.132. The first kappa shape index (κ1) is 21.7. The molecule has 0 saturated carbocycles. The average Bonchev–Trinajstić information content (AvgIpc) is 3.45. The van der Waals surface area contributed by atoms with Crippen LogP contribution in [0.2, 0.25) is 0 Å². The fourth-order valence-electron chi connectivity index (χ4n) is 4.88. The van der Waals surface area contributed by atoms with Crippen LogP contribution in [0.15, 0.2) is 60.9 Å². The van der Waals surface area contributed by atoms with E-state index in [0.29, 0.717) is 6.61 Å². The Balaban J connectivity index is 1.31. The quantitative estimate of drug-likeness (QED) is 0.541. The van der Waals surface area contributed by atoms with Gasteiger partial charge < -0.3 is 14.0 Å². The zero-order chi connectivity index (χ0) is 22.6. The van der Waals surface area contributed by atoms with Crippen molar-refractivity contribution in [2.24, 2.45) is 0 Å². The molecule has 2 aliphatic heterocycles. The van der Waals surface area contributed by atoms with Gasteiger partial charge in [-0.15, -0.1) is 0 Å². The molecule has 1 atom stereocenters. The number of esters is 1. The second-order valence-corrected chi connectivity index (χ2v) is 8.71. The van der Waals surface area contributed by atoms with Crippen LogP contribution in [0.5, 0.6) is 5.75 Å². The number of likely N-dealkylation sites (tertiary alicyclic amines) is 1. The minimum atomic E-state index is -0.138. The smallest absolute Gasteiger partial charge is 0.323 e. The van der Waals surface area contributed by atoms with E-state index in [1.807, 2.05) is 24.4 Å². The summed E-state index contributed by atoms with van der Waals surface area (Å²) in [6, 6.07) is 16.5. The lowest BCUT2D eigenvalue weighted by molar-refractivity contribution is -0.146. The lowest BCUT2D eigenvalue weighted by Gasteiger charge is -2.23. The van der Waals surface area contributed by atoms with Crippen LogP contribution in [0, 0.1) is 0 Å². The van der Waals surface area contributed by atoms with Gasteiger partial charge in [-0.1, -0.05) is 12.1 Å². The van der Waals surface area contributed by atoms with Crippen LogP contribution in [0.1, 0.15) is 29.7 Å². The van der Waals surface area contributed by atoms with Gasteiger partial charge in [0.05, 0.1) is 7.11 Å². The summed E-state index contributed by atoms with van der Waals surface area (Å²) in [5.41, 5.74) is 3.59. The second-order valence-electron chi connectivity index (χ2n) is 8.71. The summed E-state index contributed by atoms with van der Waals surface area (Å²) >= 11 is 0. The molecular weight excluding hydrogens is 416 g/mol. The van der Waals surface area contributed by atoms with Gasteiger partial charge in [-0.05, 0) is 61.3 Å². The van der Waals surface area contributed by atoms with E-state index in [4.69, 9.17) is 9.47 Å². The van der Waals surface area contributed by atoms with Crippen molar-refractivity contribution in [3.8, 4) is 11.6 Å². The Labute approximate surface area is 194 Å². The third kappa shape index (κ3) is 4.79. The Morgan fingerprint density at radius 1 is 1.15 bits per heavy atom. The first-order valence-corrected chi connectivity index (χ1v) is 11.6. The van der Waals surface area contributed by atoms with Gasteiger partial charge in [0.2, 0.25) is 0 Å². The zero-order valence-corrected chi connectivity index (χ0v) is 19.0. The second kappa shape index (κ2) is 9.77. The van der Waals surface area contributed by atoms with Crippen molar-refractivity contribution in [1.82, 2.24) is 19.4 Å². The summed E-state index contributed by atoms with van der Waals surface area (Å²) in [5, 5.41) is 0. The number of fused-ring (bicyclic) bond motifs is 1. The van der Waals surface area contributed by atoms with E-state index < -0.39 is 0 Å². The van der Waals surface area contributed by atoms with E-state index in [2.05, 4.69) is 55.9 Å². The third-order valence-corrected chi connectivity index (χ3v) is 6.52. The molecule has 33 heavy (non-hydrogen) atoms. The van der Waals surface area contributed by atoms with Crippen molar-refractivity contribution >= 4 is 5.97 Å². The first-order chi connectivity index (χ1) is 16.2. The van der Waals surface area contributed by atoms with Gasteiger partial charge in [0.15, 0.2) is 0 Å². The topological polar surface area (TPSA) is 59.8 Å². The molecule has 1 saturated heterocycles. The van der Waals surface area contributed by atoms with E-state index in [1.165, 1.54) is 23.9 Å². The average molecular weight is 447 g/mol. The standard InChI is InChI=1S/C26H30N4O3/c1-32-26(31)23-7-5-12-29(23)17-20-9-10-24-21(16-20)18-28(14-15-33-24)19-22-6-4-13-30(22)25-8-2-3-11-27-25/h2-4,6,8-11,13,16,23H,5,7,12,14-15,17-19H2,1H3/t23-/m0/s1. The van der Waals surface area contributed by atoms with Crippen LogP contribution in [0.25, 0.3) is 5.82 Å². The number of carbonyl (C=O) groups is 1. The van der Waals surface area contributed by atoms with Crippen molar-refractivity contribution in [3.05, 3.63) is 77.7 Å². The highest BCUT2D eigenvalue weighted by Gasteiger charge is 2.31. The van der Waals surface area contributed by atoms with E-state index in [9.17, 15) is 4.79 Å². The number of ether oxygens (including phenoxy) is 2. The lowest BCUT2D eigenvalue weighted by atomic mass is 10.1. The maximum absolute atomic E-state index is 12.1. The maximum Gasteiger partial charge on any atom is 0.323 e. The molecule has 5 rings (SSSR count). The van der Waals surface area contributed by atoms with Crippen LogP contribution in [-0.4, -0.2) is 58.2 Å². The molecule has 0 unspecified atom stereocenters. The normalized spacial score (nSPS) is 19.0. The van der Waals surface area contributed by atoms with Crippen LogP contribution in [0.3, 0.4) is 0 Å². The number of carbonyl (C=O) groups excluding carboxylic acids is 1. The van der Waals surface area contributed by atoms with Crippen LogP contribution in [-0.2, 0) is 29.2 Å². The summed E-state index contributed by atoms with van der Waals surface area (Å²) in [6.07, 6.45) is 5.77. The van der Waals surface area contributed by atoms with Crippen LogP contribution >= 0.6 is 0 Å². The van der Waals surface area contributed by atoms with Gasteiger partial charge in [-0.2, -0.15) is 0 Å². The molecule has 2 aromatic heterocycles. The fourth-order valence-corrected chi connectivity index (χ4v) is 4.88. The van der Waals surface area contributed by atoms with E-state index in [1.54, 1.807) is 0 Å². The number of aromatic nitrogens is 2. The van der Waals surface area contributed by atoms with E-state index >= 15 is 0 Å². The van der Waals surface area contributed by atoms with Gasteiger partial charge in [-0.25, -0.2) is 4.98 Å². The van der Waals surface area contributed by atoms with Gasteiger partial charge in [0, 0.05) is 49.8 Å². The Morgan fingerprint density at radius 3 is 2.94 bits per heavy atom. The monoisotopic (exact) mass is 446 g/mol. The molecule has 0 amide bonds. The van der Waals surface area contributed by atoms with Crippen molar-refractivity contribution in [1.29, 1.82) is 0 Å². The number of hydrogen-bond donors (Lipinski definition) is 0. The highest BCUT2D eigenvalue weighted by atomic mass is 16.5. The SMILES string of the molecule is COC(=O)[C@@H]1CCCN1Cc1ccc2c(c1)CN(Cc1cccn1-c1ccccn1)CCO2. The number of methoxy groups -OCH3 is 1. The molecular formula is C26H30N4O3. The molecule has 7 heteroatoms. The Bertz CT molecular complexity index is 1100. The molecule has 2 aliphatic rings. The van der Waals surface area contributed by atoms with Crippen molar-refractivity contribution in [2.75, 3.05) is 26.8 Å². The van der Waals surface area contributed by atoms with Gasteiger partial charge in [0.25, 0.3) is 0 Å². The minimum Gasteiger partial charge on any atom is -0.492 e. The van der Waals surface area contributed by atoms with E-state index in [0.717, 1.165) is 57.1 Å². The summed E-state index contributed by atoms with van der Waals surface area (Å²) < 4.78 is 13.2. The summed E-state index contributed by atoms with van der Waals surface area (Å²) in [4.78, 5) is 21.3. The number of pyridine rings is 1. The van der Waals surface area contributed by atoms with Crippen molar-refractivity contribution < 1.29 is 14.3 Å². The first-order valence-electron chi connectivity index (χ1n) is 11.6. The summed E-state index contributed by atoms with van der Waals surface area (Å²) in [7, 11) is 1.47. The largest absolute Gasteiger partial charge is 0.492 e. The Kier molecular flexibility index (Phi) is 6.41. The predicted octanol–water partition coefficient (Wildman–Crippen LogP) is 3.40. The van der Waals surface area contributed by atoms with Gasteiger partial charge in [-0.3, -0.25) is 14.6 Å². The molecule has 1 fully saturated rings. The van der Waals surface area contributed by atoms with Crippen molar-refractivity contribution in [3.63, 3.8) is 0 Å². The maximum atomic E-state index is 12.1. The number of rotatable bonds is 6. The van der Waals surface area contributed by atoms with Crippen molar-refractivity contribution in [2.45, 2.75) is 38.5 Å². The van der Waals surface area contributed by atoms with Gasteiger partial charge in [0.1, 0.15) is 24.2 Å². The molecule has 172 valence electrons. The number of nitrogens with zero attached hydrogens (tertiary/aromatic N) is 4. The molecule has 3 aromatic rings. The molecule has 1 aromatic carbocycles.